The van der Waals surface area contributed by atoms with Crippen LogP contribution in [0.15, 0.2) is 24.3 Å². The second kappa shape index (κ2) is 4.59. The highest BCUT2D eigenvalue weighted by molar-refractivity contribution is 6.30. The minimum atomic E-state index is -0.430. The Morgan fingerprint density at radius 1 is 1.16 bits per heavy atom. The predicted molar refractivity (Wildman–Crippen MR) is 71.2 cm³/mol. The monoisotopic (exact) mass is 275 g/mol. The van der Waals surface area contributed by atoms with Crippen LogP contribution in [0.1, 0.15) is 17.7 Å². The third kappa shape index (κ3) is 2.17. The van der Waals surface area contributed by atoms with Gasteiger partial charge < -0.3 is 0 Å². The number of non-ortho nitro benzene ring substituents is 1. The zero-order valence-corrected chi connectivity index (χ0v) is 10.7. The summed E-state index contributed by atoms with van der Waals surface area (Å²) in [5.74, 6) is 0.528. The molecule has 0 amide bonds. The Morgan fingerprint density at radius 3 is 2.58 bits per heavy atom. The highest BCUT2D eigenvalue weighted by Crippen LogP contribution is 2.29. The van der Waals surface area contributed by atoms with Gasteiger partial charge in [0.2, 0.25) is 0 Å². The van der Waals surface area contributed by atoms with Gasteiger partial charge in [-0.2, -0.15) is 0 Å². The molecule has 0 N–H and O–H groups in total. The van der Waals surface area contributed by atoms with Crippen molar-refractivity contribution in [2.45, 2.75) is 19.3 Å². The quantitative estimate of drug-likeness (QED) is 0.479. The zero-order valence-electron chi connectivity index (χ0n) is 9.97. The molecule has 0 saturated heterocycles. The van der Waals surface area contributed by atoms with Crippen molar-refractivity contribution in [1.82, 2.24) is 9.97 Å². The first-order chi connectivity index (χ1) is 9.15. The van der Waals surface area contributed by atoms with E-state index < -0.39 is 4.92 Å². The van der Waals surface area contributed by atoms with E-state index in [-0.39, 0.29) is 5.69 Å². The summed E-state index contributed by atoms with van der Waals surface area (Å²) in [5, 5.41) is 11.1. The van der Waals surface area contributed by atoms with Crippen molar-refractivity contribution in [3.05, 3.63) is 50.8 Å². The average molecular weight is 276 g/mol. The number of rotatable bonds is 2. The van der Waals surface area contributed by atoms with E-state index in [0.717, 1.165) is 36.1 Å². The molecule has 1 aromatic heterocycles. The fourth-order valence-electron chi connectivity index (χ4n) is 2.25. The van der Waals surface area contributed by atoms with Crippen LogP contribution in [0.4, 0.5) is 5.69 Å². The average Bonchev–Trinajstić information content (AvgIpc) is 2.87. The molecule has 0 bridgehead atoms. The van der Waals surface area contributed by atoms with Gasteiger partial charge in [0.25, 0.3) is 5.69 Å². The number of nitrogens with zero attached hydrogens (tertiary/aromatic N) is 3. The van der Waals surface area contributed by atoms with E-state index in [2.05, 4.69) is 9.97 Å². The minimum absolute atomic E-state index is 0.0519. The van der Waals surface area contributed by atoms with E-state index in [1.54, 1.807) is 12.1 Å². The predicted octanol–water partition coefficient (Wildman–Crippen LogP) is 3.19. The fraction of sp³-hybridized carbons (Fsp3) is 0.231. The molecule has 2 aromatic rings. The van der Waals surface area contributed by atoms with Crippen molar-refractivity contribution < 1.29 is 4.92 Å². The zero-order chi connectivity index (χ0) is 13.4. The van der Waals surface area contributed by atoms with E-state index >= 15 is 0 Å². The number of aromatic nitrogens is 2. The van der Waals surface area contributed by atoms with Crippen LogP contribution >= 0.6 is 11.6 Å². The van der Waals surface area contributed by atoms with Crippen LogP contribution in [0.2, 0.25) is 5.15 Å². The first-order valence-corrected chi connectivity index (χ1v) is 6.33. The van der Waals surface area contributed by atoms with Crippen LogP contribution in [0.25, 0.3) is 11.4 Å². The van der Waals surface area contributed by atoms with E-state index in [0.29, 0.717) is 11.0 Å². The number of benzene rings is 1. The number of nitro benzene ring substituents is 1. The molecule has 0 aliphatic heterocycles. The molecule has 5 nitrogen and oxygen atoms in total. The Kier molecular flexibility index (Phi) is 2.91. The van der Waals surface area contributed by atoms with Crippen LogP contribution in [0.5, 0.6) is 0 Å². The highest BCUT2D eigenvalue weighted by Gasteiger charge is 2.19. The van der Waals surface area contributed by atoms with Crippen molar-refractivity contribution in [2.75, 3.05) is 0 Å². The molecule has 1 aromatic carbocycles. The van der Waals surface area contributed by atoms with Gasteiger partial charge in [-0.25, -0.2) is 9.97 Å². The van der Waals surface area contributed by atoms with Gasteiger partial charge in [-0.05, 0) is 31.4 Å². The summed E-state index contributed by atoms with van der Waals surface area (Å²) in [7, 11) is 0. The number of nitro groups is 1. The molecule has 0 atom stereocenters. The molecule has 6 heteroatoms. The summed E-state index contributed by atoms with van der Waals surface area (Å²) in [6.45, 7) is 0. The normalized spacial score (nSPS) is 13.3. The van der Waals surface area contributed by atoms with E-state index in [4.69, 9.17) is 11.6 Å². The van der Waals surface area contributed by atoms with Crippen molar-refractivity contribution in [1.29, 1.82) is 0 Å². The van der Waals surface area contributed by atoms with Crippen molar-refractivity contribution in [2.24, 2.45) is 0 Å². The second-order valence-electron chi connectivity index (χ2n) is 4.42. The van der Waals surface area contributed by atoms with Crippen molar-refractivity contribution in [3.63, 3.8) is 0 Å². The Balaban J connectivity index is 2.02. The SMILES string of the molecule is O=[N+]([O-])c1ccc(-c2nc(Cl)c3c(n2)CCC3)cc1. The maximum absolute atomic E-state index is 10.6. The van der Waals surface area contributed by atoms with E-state index in [1.807, 2.05) is 0 Å². The second-order valence-corrected chi connectivity index (χ2v) is 4.78. The van der Waals surface area contributed by atoms with Crippen molar-refractivity contribution in [3.8, 4) is 11.4 Å². The lowest BCUT2D eigenvalue weighted by atomic mass is 10.2. The van der Waals surface area contributed by atoms with Gasteiger partial charge in [0.15, 0.2) is 5.82 Å². The minimum Gasteiger partial charge on any atom is -0.258 e. The summed E-state index contributed by atoms with van der Waals surface area (Å²) in [4.78, 5) is 18.9. The van der Waals surface area contributed by atoms with Gasteiger partial charge >= 0.3 is 0 Å². The number of hydrogen-bond donors (Lipinski definition) is 0. The van der Waals surface area contributed by atoms with Crippen LogP contribution in [-0.2, 0) is 12.8 Å². The number of aryl methyl sites for hydroxylation is 1. The lowest BCUT2D eigenvalue weighted by Gasteiger charge is -2.05. The van der Waals surface area contributed by atoms with Gasteiger partial charge in [0.05, 0.1) is 4.92 Å². The third-order valence-corrected chi connectivity index (χ3v) is 3.53. The molecule has 0 spiro atoms. The molecule has 96 valence electrons. The van der Waals surface area contributed by atoms with Gasteiger partial charge in [-0.3, -0.25) is 10.1 Å². The summed E-state index contributed by atoms with van der Waals surface area (Å²) < 4.78 is 0. The van der Waals surface area contributed by atoms with Crippen LogP contribution in [0, 0.1) is 10.1 Å². The first kappa shape index (κ1) is 12.0. The standard InChI is InChI=1S/C13H10ClN3O2/c14-12-10-2-1-3-11(10)15-13(16-12)8-4-6-9(7-5-8)17(18)19/h4-7H,1-3H2. The summed E-state index contributed by atoms with van der Waals surface area (Å²) in [6, 6.07) is 6.18. The molecule has 1 aliphatic carbocycles. The van der Waals surface area contributed by atoms with E-state index in [9.17, 15) is 10.1 Å². The van der Waals surface area contributed by atoms with Crippen LogP contribution in [0.3, 0.4) is 0 Å². The lowest BCUT2D eigenvalue weighted by Crippen LogP contribution is -1.97. The molecular formula is C13H10ClN3O2. The van der Waals surface area contributed by atoms with Gasteiger partial charge in [-0.1, -0.05) is 11.6 Å². The maximum atomic E-state index is 10.6. The largest absolute Gasteiger partial charge is 0.269 e. The summed E-state index contributed by atoms with van der Waals surface area (Å²) in [6.07, 6.45) is 2.89. The van der Waals surface area contributed by atoms with Crippen LogP contribution < -0.4 is 0 Å². The van der Waals surface area contributed by atoms with Gasteiger partial charge in [0.1, 0.15) is 5.15 Å². The molecule has 1 aliphatic rings. The molecule has 0 unspecified atom stereocenters. The molecule has 0 saturated carbocycles. The highest BCUT2D eigenvalue weighted by atomic mass is 35.5. The van der Waals surface area contributed by atoms with Crippen LogP contribution in [-0.4, -0.2) is 14.9 Å². The summed E-state index contributed by atoms with van der Waals surface area (Å²) in [5.41, 5.74) is 2.82. The molecular weight excluding hydrogens is 266 g/mol. The molecule has 0 fully saturated rings. The fourth-order valence-corrected chi connectivity index (χ4v) is 2.53. The Morgan fingerprint density at radius 2 is 1.89 bits per heavy atom. The maximum Gasteiger partial charge on any atom is 0.269 e. The number of hydrogen-bond acceptors (Lipinski definition) is 4. The molecule has 3 rings (SSSR count). The lowest BCUT2D eigenvalue weighted by molar-refractivity contribution is -0.384. The molecule has 19 heavy (non-hydrogen) atoms. The topological polar surface area (TPSA) is 68.9 Å². The molecule has 0 radical (unpaired) electrons. The van der Waals surface area contributed by atoms with Gasteiger partial charge in [0, 0.05) is 29.0 Å². The number of halogens is 1. The smallest absolute Gasteiger partial charge is 0.258 e. The van der Waals surface area contributed by atoms with E-state index in [1.165, 1.54) is 12.1 Å². The summed E-state index contributed by atoms with van der Waals surface area (Å²) >= 11 is 6.15. The number of fused-ring (bicyclic) bond motifs is 1. The first-order valence-electron chi connectivity index (χ1n) is 5.95. The van der Waals surface area contributed by atoms with Crippen molar-refractivity contribution >= 4 is 17.3 Å². The Hall–Kier alpha value is -2.01. The Labute approximate surface area is 114 Å². The third-order valence-electron chi connectivity index (χ3n) is 3.22. The molecule has 1 heterocycles. The van der Waals surface area contributed by atoms with Gasteiger partial charge in [-0.15, -0.1) is 0 Å². The Bertz CT molecular complexity index is 656.